The molecule has 1 aromatic carbocycles. The minimum Gasteiger partial charge on any atom is -0.461 e. The molecule has 0 aromatic heterocycles. The van der Waals surface area contributed by atoms with E-state index in [0.29, 0.717) is 24.2 Å². The van der Waals surface area contributed by atoms with Crippen molar-refractivity contribution in [3.63, 3.8) is 0 Å². The van der Waals surface area contributed by atoms with Crippen LogP contribution in [0.5, 0.6) is 0 Å². The van der Waals surface area contributed by atoms with Crippen molar-refractivity contribution in [1.82, 2.24) is 0 Å². The summed E-state index contributed by atoms with van der Waals surface area (Å²) in [6.45, 7) is 4.81. The molecule has 0 spiro atoms. The van der Waals surface area contributed by atoms with Gasteiger partial charge >= 0.3 is 5.97 Å². The molecule has 1 saturated carbocycles. The van der Waals surface area contributed by atoms with Gasteiger partial charge < -0.3 is 19.3 Å². The van der Waals surface area contributed by atoms with Crippen LogP contribution in [0.4, 0.5) is 0 Å². The predicted molar refractivity (Wildman–Crippen MR) is 88.4 cm³/mol. The molecule has 2 fully saturated rings. The second kappa shape index (κ2) is 7.92. The van der Waals surface area contributed by atoms with Crippen molar-refractivity contribution in [2.45, 2.75) is 44.2 Å². The van der Waals surface area contributed by atoms with Crippen LogP contribution < -0.4 is 0 Å². The largest absolute Gasteiger partial charge is 0.461 e. The maximum atomic E-state index is 12.1. The van der Waals surface area contributed by atoms with E-state index >= 15 is 0 Å². The molecule has 130 valence electrons. The van der Waals surface area contributed by atoms with Crippen molar-refractivity contribution in [3.05, 3.63) is 48.0 Å². The van der Waals surface area contributed by atoms with Crippen LogP contribution in [-0.4, -0.2) is 42.8 Å². The average Bonchev–Trinajstić information content (AvgIpc) is 2.88. The Hall–Kier alpha value is -1.69. The van der Waals surface area contributed by atoms with Crippen LogP contribution in [0.25, 0.3) is 0 Å². The predicted octanol–water partition coefficient (Wildman–Crippen LogP) is 2.69. The molecule has 0 radical (unpaired) electrons. The Morgan fingerprint density at radius 1 is 1.29 bits per heavy atom. The van der Waals surface area contributed by atoms with Crippen molar-refractivity contribution < 1.29 is 24.1 Å². The molecule has 1 heterocycles. The number of hydrogen-bond donors (Lipinski definition) is 1. The molecule has 0 bridgehead atoms. The van der Waals surface area contributed by atoms with Crippen molar-refractivity contribution in [1.29, 1.82) is 0 Å². The first kappa shape index (κ1) is 17.1. The van der Waals surface area contributed by atoms with E-state index in [0.717, 1.165) is 19.3 Å². The summed E-state index contributed by atoms with van der Waals surface area (Å²) in [6, 6.07) is 8.86. The Morgan fingerprint density at radius 2 is 2.08 bits per heavy atom. The van der Waals surface area contributed by atoms with Crippen LogP contribution in [0, 0.1) is 5.92 Å². The van der Waals surface area contributed by atoms with Gasteiger partial charge in [0.2, 0.25) is 0 Å². The zero-order valence-electron chi connectivity index (χ0n) is 13.7. The van der Waals surface area contributed by atoms with Gasteiger partial charge in [0.15, 0.2) is 6.29 Å². The molecule has 5 nitrogen and oxygen atoms in total. The fourth-order valence-corrected chi connectivity index (χ4v) is 3.22. The fraction of sp³-hybridized carbons (Fsp3) is 0.526. The Bertz CT molecular complexity index is 564. The first-order valence-corrected chi connectivity index (χ1v) is 8.51. The topological polar surface area (TPSA) is 65.0 Å². The molecule has 1 aliphatic carbocycles. The molecule has 1 aromatic rings. The number of ether oxygens (including phenoxy) is 3. The molecule has 2 aliphatic rings. The lowest BCUT2D eigenvalue weighted by molar-refractivity contribution is -0.195. The quantitative estimate of drug-likeness (QED) is 0.663. The van der Waals surface area contributed by atoms with Crippen molar-refractivity contribution in [2.75, 3.05) is 13.2 Å². The Labute approximate surface area is 142 Å². The average molecular weight is 332 g/mol. The Morgan fingerprint density at radius 3 is 2.79 bits per heavy atom. The highest BCUT2D eigenvalue weighted by molar-refractivity contribution is 5.89. The third kappa shape index (κ3) is 4.04. The number of aliphatic hydroxyl groups excluding tert-OH is 1. The molecule has 0 amide bonds. The number of carbonyl (C=O) groups is 1. The van der Waals surface area contributed by atoms with E-state index < -0.39 is 6.10 Å². The second-order valence-corrected chi connectivity index (χ2v) is 6.37. The van der Waals surface area contributed by atoms with Crippen LogP contribution in [0.1, 0.15) is 36.0 Å². The summed E-state index contributed by atoms with van der Waals surface area (Å²) in [5.74, 6) is -0.587. The zero-order valence-corrected chi connectivity index (χ0v) is 13.7. The number of esters is 1. The summed E-state index contributed by atoms with van der Waals surface area (Å²) < 4.78 is 17.0. The van der Waals surface area contributed by atoms with Crippen LogP contribution in [0.15, 0.2) is 42.5 Å². The van der Waals surface area contributed by atoms with Gasteiger partial charge in [0.1, 0.15) is 6.61 Å². The molecule has 1 N–H and O–H groups in total. The fourth-order valence-electron chi connectivity index (χ4n) is 3.22. The molecule has 24 heavy (non-hydrogen) atoms. The maximum Gasteiger partial charge on any atom is 0.338 e. The van der Waals surface area contributed by atoms with Crippen molar-refractivity contribution in [2.24, 2.45) is 5.92 Å². The number of hydrogen-bond acceptors (Lipinski definition) is 5. The summed E-state index contributed by atoms with van der Waals surface area (Å²) in [7, 11) is 0. The normalized spacial score (nSPS) is 30.3. The molecular weight excluding hydrogens is 308 g/mol. The van der Waals surface area contributed by atoms with E-state index in [1.54, 1.807) is 24.3 Å². The van der Waals surface area contributed by atoms with E-state index in [1.165, 1.54) is 0 Å². The summed E-state index contributed by atoms with van der Waals surface area (Å²) in [5, 5.41) is 10.1. The van der Waals surface area contributed by atoms with Gasteiger partial charge in [-0.1, -0.05) is 24.8 Å². The van der Waals surface area contributed by atoms with Gasteiger partial charge in [0.05, 0.1) is 17.8 Å². The molecule has 4 atom stereocenters. The van der Waals surface area contributed by atoms with Gasteiger partial charge in [-0.15, -0.1) is 0 Å². The van der Waals surface area contributed by atoms with Crippen LogP contribution in [-0.2, 0) is 14.2 Å². The number of carbonyl (C=O) groups excluding carboxylic acids is 1. The third-order valence-electron chi connectivity index (χ3n) is 4.68. The molecular formula is C19H24O5. The molecule has 1 unspecified atom stereocenters. The number of aliphatic hydroxyl groups is 1. The maximum absolute atomic E-state index is 12.1. The van der Waals surface area contributed by atoms with E-state index in [9.17, 15) is 9.90 Å². The lowest BCUT2D eigenvalue weighted by Crippen LogP contribution is -2.32. The van der Waals surface area contributed by atoms with Gasteiger partial charge in [-0.2, -0.15) is 0 Å². The summed E-state index contributed by atoms with van der Waals surface area (Å²) >= 11 is 0. The highest BCUT2D eigenvalue weighted by Crippen LogP contribution is 2.35. The minimum atomic E-state index is -0.626. The summed E-state index contributed by atoms with van der Waals surface area (Å²) in [6.07, 6.45) is 2.35. The molecule has 1 saturated heterocycles. The Kier molecular flexibility index (Phi) is 5.66. The third-order valence-corrected chi connectivity index (χ3v) is 4.68. The standard InChI is InChI=1S/C19H24O5/c1-13-15(12-23-19(21)14-7-3-2-4-8-14)17(11-16(13)20)24-18-9-5-6-10-22-18/h2-4,7-8,15-18,20H,1,5-6,9-12H2/t15-,16+,17-,18?/m0/s1. The van der Waals surface area contributed by atoms with Crippen molar-refractivity contribution in [3.8, 4) is 0 Å². The highest BCUT2D eigenvalue weighted by Gasteiger charge is 2.40. The SMILES string of the molecule is C=C1[C@H](O)C[C@H](OC2CCCCO2)[C@H]1COC(=O)c1ccccc1. The zero-order chi connectivity index (χ0) is 16.9. The van der Waals surface area contributed by atoms with Gasteiger partial charge in [-0.3, -0.25) is 0 Å². The van der Waals surface area contributed by atoms with E-state index in [1.807, 2.05) is 6.07 Å². The lowest BCUT2D eigenvalue weighted by atomic mass is 10.0. The van der Waals surface area contributed by atoms with Gasteiger partial charge in [-0.25, -0.2) is 4.79 Å². The molecule has 5 heteroatoms. The second-order valence-electron chi connectivity index (χ2n) is 6.37. The lowest BCUT2D eigenvalue weighted by Gasteiger charge is -2.28. The smallest absolute Gasteiger partial charge is 0.338 e. The van der Waals surface area contributed by atoms with Crippen LogP contribution in [0.3, 0.4) is 0 Å². The van der Waals surface area contributed by atoms with E-state index in [4.69, 9.17) is 14.2 Å². The van der Waals surface area contributed by atoms with Gasteiger partial charge in [0, 0.05) is 18.9 Å². The monoisotopic (exact) mass is 332 g/mol. The van der Waals surface area contributed by atoms with Gasteiger partial charge in [0.25, 0.3) is 0 Å². The number of rotatable bonds is 5. The highest BCUT2D eigenvalue weighted by atomic mass is 16.7. The molecule has 3 rings (SSSR count). The minimum absolute atomic E-state index is 0.154. The van der Waals surface area contributed by atoms with Gasteiger partial charge in [-0.05, 0) is 37.0 Å². The summed E-state index contributed by atoms with van der Waals surface area (Å²) in [5.41, 5.74) is 1.17. The van der Waals surface area contributed by atoms with Crippen LogP contribution >= 0.6 is 0 Å². The van der Waals surface area contributed by atoms with Crippen LogP contribution in [0.2, 0.25) is 0 Å². The van der Waals surface area contributed by atoms with E-state index in [2.05, 4.69) is 6.58 Å². The summed E-state index contributed by atoms with van der Waals surface area (Å²) in [4.78, 5) is 12.1. The van der Waals surface area contributed by atoms with Crippen molar-refractivity contribution >= 4 is 5.97 Å². The first-order chi connectivity index (χ1) is 11.6. The number of benzene rings is 1. The molecule has 1 aliphatic heterocycles. The van der Waals surface area contributed by atoms with E-state index in [-0.39, 0.29) is 30.9 Å². The Balaban J connectivity index is 1.58. The first-order valence-electron chi connectivity index (χ1n) is 8.51.